The number of thiazole rings is 1. The minimum Gasteiger partial charge on any atom is -0.375 e. The first kappa shape index (κ1) is 10.9. The fourth-order valence-corrected chi connectivity index (χ4v) is 3.50. The topological polar surface area (TPSA) is 38.9 Å². The van der Waals surface area contributed by atoms with Crippen LogP contribution in [0.1, 0.15) is 11.1 Å². The molecule has 0 saturated heterocycles. The van der Waals surface area contributed by atoms with Gasteiger partial charge in [-0.15, -0.1) is 0 Å². The van der Waals surface area contributed by atoms with E-state index in [1.54, 1.807) is 0 Å². The molecule has 4 heteroatoms. The zero-order valence-corrected chi connectivity index (χ0v) is 11.5. The summed E-state index contributed by atoms with van der Waals surface area (Å²) in [6.45, 7) is 4.25. The molecule has 78 valence electrons. The van der Waals surface area contributed by atoms with Crippen molar-refractivity contribution in [2.24, 2.45) is 0 Å². The third-order valence-corrected chi connectivity index (χ3v) is 3.73. The van der Waals surface area contributed by atoms with E-state index in [2.05, 4.69) is 53.6 Å². The summed E-state index contributed by atoms with van der Waals surface area (Å²) in [5, 5.41) is 0.627. The van der Waals surface area contributed by atoms with Gasteiger partial charge in [-0.3, -0.25) is 0 Å². The van der Waals surface area contributed by atoms with Gasteiger partial charge in [0.2, 0.25) is 0 Å². The molecule has 0 atom stereocenters. The molecule has 2 N–H and O–H groups in total. The second-order valence-electron chi connectivity index (χ2n) is 3.48. The molecule has 2 aromatic rings. The van der Waals surface area contributed by atoms with Crippen LogP contribution in [0.5, 0.6) is 0 Å². The lowest BCUT2D eigenvalue weighted by molar-refractivity contribution is 1.36. The summed E-state index contributed by atoms with van der Waals surface area (Å²) in [4.78, 5) is 5.24. The molecular weight excluding hydrogens is 319 g/mol. The first-order chi connectivity index (χ1) is 7.08. The Morgan fingerprint density at radius 1 is 1.27 bits per heavy atom. The van der Waals surface area contributed by atoms with Crippen molar-refractivity contribution in [1.82, 2.24) is 4.98 Å². The lowest BCUT2D eigenvalue weighted by atomic mass is 10.0. The zero-order valence-electron chi connectivity index (χ0n) is 8.54. The molecule has 1 heterocycles. The second kappa shape index (κ2) is 4.09. The van der Waals surface area contributed by atoms with Gasteiger partial charge in [0.25, 0.3) is 0 Å². The molecule has 2 rings (SSSR count). The Kier molecular flexibility index (Phi) is 2.97. The lowest BCUT2D eigenvalue weighted by Crippen LogP contribution is -1.87. The van der Waals surface area contributed by atoms with Gasteiger partial charge < -0.3 is 5.73 Å². The number of nitrogens with two attached hydrogens (primary N) is 1. The largest absolute Gasteiger partial charge is 0.375 e. The molecule has 1 aromatic heterocycles. The Bertz CT molecular complexity index is 482. The van der Waals surface area contributed by atoms with E-state index in [4.69, 9.17) is 5.73 Å². The average Bonchev–Trinajstić information content (AvgIpc) is 2.49. The van der Waals surface area contributed by atoms with Crippen LogP contribution in [0.2, 0.25) is 0 Å². The number of nitrogens with zero attached hydrogens (tertiary/aromatic N) is 1. The van der Waals surface area contributed by atoms with Crippen LogP contribution in [0.3, 0.4) is 0 Å². The van der Waals surface area contributed by atoms with Crippen LogP contribution in [0.25, 0.3) is 10.4 Å². The molecule has 2 nitrogen and oxygen atoms in total. The van der Waals surface area contributed by atoms with Gasteiger partial charge in [-0.05, 0) is 65.3 Å². The highest BCUT2D eigenvalue weighted by Gasteiger charge is 2.09. The van der Waals surface area contributed by atoms with Gasteiger partial charge in [0.15, 0.2) is 5.13 Å². The quantitative estimate of drug-likeness (QED) is 0.811. The molecule has 15 heavy (non-hydrogen) atoms. The number of halogens is 1. The SMILES string of the molecule is Cc1cc(I)cc(C)c1-c1cnc(N)s1. The number of hydrogen-bond acceptors (Lipinski definition) is 3. The van der Waals surface area contributed by atoms with Crippen molar-refractivity contribution >= 4 is 39.1 Å². The Hall–Kier alpha value is -0.620. The van der Waals surface area contributed by atoms with Gasteiger partial charge in [0.05, 0.1) is 4.88 Å². The zero-order chi connectivity index (χ0) is 11.0. The summed E-state index contributed by atoms with van der Waals surface area (Å²) >= 11 is 3.87. The molecule has 0 amide bonds. The van der Waals surface area contributed by atoms with Crippen LogP contribution in [-0.2, 0) is 0 Å². The Morgan fingerprint density at radius 3 is 2.33 bits per heavy atom. The smallest absolute Gasteiger partial charge is 0.180 e. The molecule has 1 aromatic carbocycles. The summed E-state index contributed by atoms with van der Waals surface area (Å²) in [5.41, 5.74) is 9.48. The van der Waals surface area contributed by atoms with Crippen molar-refractivity contribution in [3.63, 3.8) is 0 Å². The molecule has 0 radical (unpaired) electrons. The minimum absolute atomic E-state index is 0.627. The minimum atomic E-state index is 0.627. The lowest BCUT2D eigenvalue weighted by Gasteiger charge is -2.07. The van der Waals surface area contributed by atoms with Crippen LogP contribution < -0.4 is 5.73 Å². The van der Waals surface area contributed by atoms with Gasteiger partial charge in [-0.1, -0.05) is 11.3 Å². The van der Waals surface area contributed by atoms with E-state index in [1.807, 2.05) is 6.20 Å². The highest BCUT2D eigenvalue weighted by Crippen LogP contribution is 2.33. The van der Waals surface area contributed by atoms with Gasteiger partial charge in [0, 0.05) is 9.77 Å². The number of anilines is 1. The van der Waals surface area contributed by atoms with Crippen LogP contribution in [0.15, 0.2) is 18.3 Å². The standard InChI is InChI=1S/C11H11IN2S/c1-6-3-8(12)4-7(2)10(6)9-5-14-11(13)15-9/h3-5H,1-2H3,(H2,13,14). The van der Waals surface area contributed by atoms with E-state index in [-0.39, 0.29) is 0 Å². The summed E-state index contributed by atoms with van der Waals surface area (Å²) in [7, 11) is 0. The van der Waals surface area contributed by atoms with E-state index in [1.165, 1.54) is 31.6 Å². The Labute approximate surface area is 107 Å². The predicted octanol–water partition coefficient (Wildman–Crippen LogP) is 3.61. The van der Waals surface area contributed by atoms with Crippen molar-refractivity contribution in [1.29, 1.82) is 0 Å². The summed E-state index contributed by atoms with van der Waals surface area (Å²) < 4.78 is 1.27. The Balaban J connectivity index is 2.62. The fraction of sp³-hybridized carbons (Fsp3) is 0.182. The summed E-state index contributed by atoms with van der Waals surface area (Å²) in [5.74, 6) is 0. The number of aromatic nitrogens is 1. The molecule has 0 aliphatic heterocycles. The van der Waals surface area contributed by atoms with Gasteiger partial charge >= 0.3 is 0 Å². The predicted molar refractivity (Wildman–Crippen MR) is 74.2 cm³/mol. The molecule has 0 aliphatic rings. The maximum Gasteiger partial charge on any atom is 0.180 e. The van der Waals surface area contributed by atoms with Crippen molar-refractivity contribution in [3.8, 4) is 10.4 Å². The molecule has 0 fully saturated rings. The first-order valence-electron chi connectivity index (χ1n) is 4.56. The summed E-state index contributed by atoms with van der Waals surface area (Å²) in [6, 6.07) is 4.36. The third-order valence-electron chi connectivity index (χ3n) is 2.27. The molecule has 0 spiro atoms. The second-order valence-corrected chi connectivity index (χ2v) is 5.79. The van der Waals surface area contributed by atoms with Crippen LogP contribution in [0.4, 0.5) is 5.13 Å². The molecule has 0 saturated carbocycles. The van der Waals surface area contributed by atoms with Crippen molar-refractivity contribution in [2.45, 2.75) is 13.8 Å². The number of hydrogen-bond donors (Lipinski definition) is 1. The number of rotatable bonds is 1. The molecule has 0 unspecified atom stereocenters. The van der Waals surface area contributed by atoms with Gasteiger partial charge in [0.1, 0.15) is 0 Å². The number of aryl methyl sites for hydroxylation is 2. The number of benzene rings is 1. The molecule has 0 aliphatic carbocycles. The van der Waals surface area contributed by atoms with E-state index < -0.39 is 0 Å². The first-order valence-corrected chi connectivity index (χ1v) is 6.46. The van der Waals surface area contributed by atoms with Crippen molar-refractivity contribution in [3.05, 3.63) is 33.0 Å². The third kappa shape index (κ3) is 2.15. The van der Waals surface area contributed by atoms with E-state index in [0.717, 1.165) is 4.88 Å². The van der Waals surface area contributed by atoms with Gasteiger partial charge in [-0.2, -0.15) is 0 Å². The fourth-order valence-electron chi connectivity index (χ4n) is 1.70. The van der Waals surface area contributed by atoms with Crippen LogP contribution >= 0.6 is 33.9 Å². The molecule has 0 bridgehead atoms. The highest BCUT2D eigenvalue weighted by atomic mass is 127. The normalized spacial score (nSPS) is 10.6. The van der Waals surface area contributed by atoms with Crippen LogP contribution in [-0.4, -0.2) is 4.98 Å². The maximum atomic E-state index is 5.65. The van der Waals surface area contributed by atoms with E-state index >= 15 is 0 Å². The average molecular weight is 330 g/mol. The Morgan fingerprint density at radius 2 is 1.87 bits per heavy atom. The van der Waals surface area contributed by atoms with Crippen molar-refractivity contribution < 1.29 is 0 Å². The maximum absolute atomic E-state index is 5.65. The van der Waals surface area contributed by atoms with Gasteiger partial charge in [-0.25, -0.2) is 4.98 Å². The monoisotopic (exact) mass is 330 g/mol. The number of nitrogen functional groups attached to an aromatic ring is 1. The van der Waals surface area contributed by atoms with E-state index in [9.17, 15) is 0 Å². The molecular formula is C11H11IN2S. The van der Waals surface area contributed by atoms with Crippen LogP contribution in [0, 0.1) is 17.4 Å². The van der Waals surface area contributed by atoms with E-state index in [0.29, 0.717) is 5.13 Å². The van der Waals surface area contributed by atoms with Crippen molar-refractivity contribution in [2.75, 3.05) is 5.73 Å². The highest BCUT2D eigenvalue weighted by molar-refractivity contribution is 14.1. The summed E-state index contributed by atoms with van der Waals surface area (Å²) in [6.07, 6.45) is 1.85.